The van der Waals surface area contributed by atoms with Gasteiger partial charge in [-0.15, -0.1) is 0 Å². The molecule has 0 radical (unpaired) electrons. The number of hydrogen-bond donors (Lipinski definition) is 3. The van der Waals surface area contributed by atoms with E-state index in [1.807, 2.05) is 12.1 Å². The van der Waals surface area contributed by atoms with Crippen molar-refractivity contribution in [1.82, 2.24) is 5.32 Å². The monoisotopic (exact) mass is 223 g/mol. The van der Waals surface area contributed by atoms with Crippen molar-refractivity contribution in [3.05, 3.63) is 29.8 Å². The maximum Gasteiger partial charge on any atom is 0.115 e. The number of phenols is 1. The Kier molecular flexibility index (Phi) is 4.33. The van der Waals surface area contributed by atoms with Crippen molar-refractivity contribution < 1.29 is 10.2 Å². The fourth-order valence-electron chi connectivity index (χ4n) is 1.40. The molecule has 0 aliphatic rings. The predicted molar refractivity (Wildman–Crippen MR) is 65.6 cm³/mol. The van der Waals surface area contributed by atoms with Gasteiger partial charge in [0.1, 0.15) is 5.75 Å². The number of benzene rings is 1. The standard InChI is InChI=1S/C13H21NO2/c1-13(2,3)14-9-12(16)8-10-4-6-11(15)7-5-10/h4-7,12,14-16H,8-9H2,1-3H3. The first kappa shape index (κ1) is 13.0. The number of aliphatic hydroxyl groups is 1. The number of β-amino-alcohol motifs (C(OH)–C–C–N with tert-alkyl or cyclic N) is 1. The van der Waals surface area contributed by atoms with Crippen molar-refractivity contribution >= 4 is 0 Å². The second-order valence-electron chi connectivity index (χ2n) is 5.16. The van der Waals surface area contributed by atoms with Crippen LogP contribution < -0.4 is 5.32 Å². The second kappa shape index (κ2) is 5.32. The summed E-state index contributed by atoms with van der Waals surface area (Å²) >= 11 is 0. The highest BCUT2D eigenvalue weighted by Crippen LogP contribution is 2.11. The molecular weight excluding hydrogens is 202 g/mol. The number of aromatic hydroxyl groups is 1. The Balaban J connectivity index is 2.39. The topological polar surface area (TPSA) is 52.5 Å². The molecule has 0 heterocycles. The SMILES string of the molecule is CC(C)(C)NCC(O)Cc1ccc(O)cc1. The van der Waals surface area contributed by atoms with Crippen molar-refractivity contribution in [2.75, 3.05) is 6.54 Å². The van der Waals surface area contributed by atoms with Gasteiger partial charge in [0.2, 0.25) is 0 Å². The van der Waals surface area contributed by atoms with Crippen molar-refractivity contribution in [1.29, 1.82) is 0 Å². The lowest BCUT2D eigenvalue weighted by Crippen LogP contribution is -2.41. The Labute approximate surface area is 97.1 Å². The lowest BCUT2D eigenvalue weighted by molar-refractivity contribution is 0.161. The summed E-state index contributed by atoms with van der Waals surface area (Å²) in [4.78, 5) is 0. The highest BCUT2D eigenvalue weighted by molar-refractivity contribution is 5.26. The van der Waals surface area contributed by atoms with Crippen molar-refractivity contribution in [2.24, 2.45) is 0 Å². The molecular formula is C13H21NO2. The molecule has 0 aliphatic carbocycles. The first-order valence-corrected chi connectivity index (χ1v) is 5.58. The lowest BCUT2D eigenvalue weighted by atomic mass is 10.1. The number of phenolic OH excluding ortho intramolecular Hbond substituents is 1. The van der Waals surface area contributed by atoms with Gasteiger partial charge in [0.25, 0.3) is 0 Å². The van der Waals surface area contributed by atoms with Crippen LogP contribution in [-0.4, -0.2) is 28.4 Å². The summed E-state index contributed by atoms with van der Waals surface area (Å²) in [7, 11) is 0. The molecule has 16 heavy (non-hydrogen) atoms. The van der Waals surface area contributed by atoms with E-state index in [2.05, 4.69) is 26.1 Å². The van der Waals surface area contributed by atoms with E-state index in [0.29, 0.717) is 13.0 Å². The summed E-state index contributed by atoms with van der Waals surface area (Å²) in [5, 5.41) is 22.2. The van der Waals surface area contributed by atoms with Crippen LogP contribution in [0.4, 0.5) is 0 Å². The zero-order chi connectivity index (χ0) is 12.2. The van der Waals surface area contributed by atoms with Crippen molar-refractivity contribution in [2.45, 2.75) is 38.8 Å². The van der Waals surface area contributed by atoms with Gasteiger partial charge in [0.05, 0.1) is 6.10 Å². The molecule has 90 valence electrons. The molecule has 0 aromatic heterocycles. The molecule has 1 aromatic carbocycles. The van der Waals surface area contributed by atoms with E-state index in [4.69, 9.17) is 5.11 Å². The van der Waals surface area contributed by atoms with Crippen LogP contribution in [-0.2, 0) is 6.42 Å². The van der Waals surface area contributed by atoms with Gasteiger partial charge in [0, 0.05) is 12.1 Å². The molecule has 1 unspecified atom stereocenters. The minimum absolute atomic E-state index is 0.0237. The fourth-order valence-corrected chi connectivity index (χ4v) is 1.40. The average Bonchev–Trinajstić information content (AvgIpc) is 2.18. The van der Waals surface area contributed by atoms with Crippen LogP contribution in [0.2, 0.25) is 0 Å². The van der Waals surface area contributed by atoms with Gasteiger partial charge in [-0.05, 0) is 44.9 Å². The van der Waals surface area contributed by atoms with Crippen LogP contribution >= 0.6 is 0 Å². The molecule has 0 saturated carbocycles. The zero-order valence-electron chi connectivity index (χ0n) is 10.2. The minimum atomic E-state index is -0.399. The third-order valence-electron chi connectivity index (χ3n) is 2.28. The van der Waals surface area contributed by atoms with Gasteiger partial charge in [-0.1, -0.05) is 12.1 Å². The third-order valence-corrected chi connectivity index (χ3v) is 2.28. The van der Waals surface area contributed by atoms with Gasteiger partial charge in [-0.25, -0.2) is 0 Å². The van der Waals surface area contributed by atoms with Gasteiger partial charge >= 0.3 is 0 Å². The Morgan fingerprint density at radius 3 is 2.25 bits per heavy atom. The van der Waals surface area contributed by atoms with Crippen molar-refractivity contribution in [3.63, 3.8) is 0 Å². The fraction of sp³-hybridized carbons (Fsp3) is 0.538. The zero-order valence-corrected chi connectivity index (χ0v) is 10.2. The number of rotatable bonds is 4. The summed E-state index contributed by atoms with van der Waals surface area (Å²) in [5.74, 6) is 0.256. The van der Waals surface area contributed by atoms with E-state index in [1.54, 1.807) is 12.1 Å². The van der Waals surface area contributed by atoms with Crippen LogP contribution in [0.1, 0.15) is 26.3 Å². The smallest absolute Gasteiger partial charge is 0.115 e. The molecule has 1 aromatic rings. The molecule has 0 amide bonds. The highest BCUT2D eigenvalue weighted by Gasteiger charge is 2.12. The molecule has 0 spiro atoms. The van der Waals surface area contributed by atoms with E-state index in [9.17, 15) is 5.11 Å². The first-order chi connectivity index (χ1) is 7.37. The molecule has 3 heteroatoms. The Hall–Kier alpha value is -1.06. The van der Waals surface area contributed by atoms with E-state index in [-0.39, 0.29) is 11.3 Å². The molecule has 1 atom stereocenters. The molecule has 0 bridgehead atoms. The molecule has 1 rings (SSSR count). The average molecular weight is 223 g/mol. The Bertz CT molecular complexity index is 314. The van der Waals surface area contributed by atoms with Gasteiger partial charge in [0.15, 0.2) is 0 Å². The normalized spacial score (nSPS) is 13.8. The molecule has 3 nitrogen and oxygen atoms in total. The van der Waals surface area contributed by atoms with Crippen LogP contribution in [0.15, 0.2) is 24.3 Å². The maximum absolute atomic E-state index is 9.81. The molecule has 0 fully saturated rings. The number of nitrogens with one attached hydrogen (secondary N) is 1. The van der Waals surface area contributed by atoms with E-state index in [0.717, 1.165) is 5.56 Å². The lowest BCUT2D eigenvalue weighted by Gasteiger charge is -2.22. The quantitative estimate of drug-likeness (QED) is 0.728. The second-order valence-corrected chi connectivity index (χ2v) is 5.16. The molecule has 0 aliphatic heterocycles. The summed E-state index contributed by atoms with van der Waals surface area (Å²) in [6, 6.07) is 6.93. The van der Waals surface area contributed by atoms with Crippen LogP contribution in [0, 0.1) is 0 Å². The van der Waals surface area contributed by atoms with Crippen LogP contribution in [0.3, 0.4) is 0 Å². The Morgan fingerprint density at radius 1 is 1.19 bits per heavy atom. The summed E-state index contributed by atoms with van der Waals surface area (Å²) in [5.41, 5.74) is 1.05. The molecule has 3 N–H and O–H groups in total. The Morgan fingerprint density at radius 2 is 1.75 bits per heavy atom. The first-order valence-electron chi connectivity index (χ1n) is 5.58. The number of aliphatic hydroxyl groups excluding tert-OH is 1. The largest absolute Gasteiger partial charge is 0.508 e. The summed E-state index contributed by atoms with van der Waals surface area (Å²) in [6.45, 7) is 6.78. The third kappa shape index (κ3) is 5.14. The summed E-state index contributed by atoms with van der Waals surface area (Å²) < 4.78 is 0. The van der Waals surface area contributed by atoms with E-state index >= 15 is 0 Å². The highest BCUT2D eigenvalue weighted by atomic mass is 16.3. The van der Waals surface area contributed by atoms with E-state index in [1.165, 1.54) is 0 Å². The summed E-state index contributed by atoms with van der Waals surface area (Å²) in [6.07, 6.45) is 0.201. The van der Waals surface area contributed by atoms with Crippen LogP contribution in [0.5, 0.6) is 5.75 Å². The van der Waals surface area contributed by atoms with Gasteiger partial charge in [-0.3, -0.25) is 0 Å². The van der Waals surface area contributed by atoms with Gasteiger partial charge < -0.3 is 15.5 Å². The van der Waals surface area contributed by atoms with Crippen LogP contribution in [0.25, 0.3) is 0 Å². The van der Waals surface area contributed by atoms with Gasteiger partial charge in [-0.2, -0.15) is 0 Å². The maximum atomic E-state index is 9.81. The van der Waals surface area contributed by atoms with E-state index < -0.39 is 6.10 Å². The molecule has 0 saturated heterocycles. The number of hydrogen-bond acceptors (Lipinski definition) is 3. The van der Waals surface area contributed by atoms with Crippen molar-refractivity contribution in [3.8, 4) is 5.75 Å². The predicted octanol–water partition coefficient (Wildman–Crippen LogP) is 1.68. The minimum Gasteiger partial charge on any atom is -0.508 e.